The Morgan fingerprint density at radius 1 is 0.439 bits per heavy atom. The van der Waals surface area contributed by atoms with Crippen molar-refractivity contribution in [3.05, 3.63) is 25.3 Å². The minimum Gasteiger partial charge on any atom is -0.549 e. The molecule has 0 aliphatic heterocycles. The zero-order chi connectivity index (χ0) is 30.4. The molecule has 10 nitrogen and oxygen atoms in total. The summed E-state index contributed by atoms with van der Waals surface area (Å²) in [6.45, 7) is 6.87. The molecule has 0 aliphatic rings. The van der Waals surface area contributed by atoms with E-state index < -0.39 is 23.9 Å². The van der Waals surface area contributed by atoms with Gasteiger partial charge in [0.25, 0.3) is 0 Å². The topological polar surface area (TPSA) is 167 Å². The number of unbranched alkanes of at least 4 members (excludes halogenated alkanes) is 14. The first-order valence-electron chi connectivity index (χ1n) is 14.6. The smallest absolute Gasteiger partial charge is 0.549 e. The summed E-state index contributed by atoms with van der Waals surface area (Å²) in [6, 6.07) is 0. The molecule has 11 heteroatoms. The van der Waals surface area contributed by atoms with Gasteiger partial charge >= 0.3 is 26.2 Å². The van der Waals surface area contributed by atoms with Crippen LogP contribution in [0.3, 0.4) is 0 Å². The van der Waals surface area contributed by atoms with Gasteiger partial charge in [-0.05, 0) is 51.6 Å². The second-order valence-corrected chi connectivity index (χ2v) is 10.0. The molecule has 0 unspecified atom stereocenters. The van der Waals surface area contributed by atoms with E-state index in [9.17, 15) is 39.6 Å². The van der Waals surface area contributed by atoms with E-state index in [1.165, 1.54) is 48.3 Å². The van der Waals surface area contributed by atoms with Crippen LogP contribution in [0.2, 0.25) is 0 Å². The van der Waals surface area contributed by atoms with Crippen LogP contribution >= 0.6 is 0 Å². The summed E-state index contributed by atoms with van der Waals surface area (Å²) in [5, 5.41) is 41.9. The fraction of sp³-hybridized carbons (Fsp3) is 0.733. The monoisotopic (exact) mass is 656 g/mol. The summed E-state index contributed by atoms with van der Waals surface area (Å²) >= 11 is 0. The zero-order valence-electron chi connectivity index (χ0n) is 24.8. The van der Waals surface area contributed by atoms with Crippen molar-refractivity contribution in [3.63, 3.8) is 0 Å². The molecule has 0 N–H and O–H groups in total. The van der Waals surface area contributed by atoms with Crippen LogP contribution in [0, 0.1) is 0 Å². The number of hydrogen-bond acceptors (Lipinski definition) is 10. The predicted octanol–water partition coefficient (Wildman–Crippen LogP) is 0.188. The third-order valence-corrected chi connectivity index (χ3v) is 6.18. The molecule has 0 rings (SSSR count). The van der Waals surface area contributed by atoms with E-state index in [4.69, 9.17) is 0 Å². The van der Waals surface area contributed by atoms with Crippen LogP contribution in [0.5, 0.6) is 0 Å². The second kappa shape index (κ2) is 32.7. The fourth-order valence-corrected chi connectivity index (χ4v) is 4.17. The van der Waals surface area contributed by atoms with Crippen molar-refractivity contribution in [2.45, 2.75) is 103 Å². The van der Waals surface area contributed by atoms with Gasteiger partial charge in [0.2, 0.25) is 0 Å². The van der Waals surface area contributed by atoms with Gasteiger partial charge in [0.05, 0.1) is 23.9 Å². The molecule has 0 aromatic heterocycles. The van der Waals surface area contributed by atoms with Crippen LogP contribution in [0.1, 0.15) is 103 Å². The summed E-state index contributed by atoms with van der Waals surface area (Å²) < 4.78 is 0. The molecule has 0 heterocycles. The maximum Gasteiger partial charge on any atom is 4.00 e. The number of rotatable bonds is 28. The number of allylic oxidation sites excluding steroid dienone is 2. The first kappa shape index (κ1) is 43.6. The Hall–Kier alpha value is -1.84. The first-order valence-corrected chi connectivity index (χ1v) is 14.6. The summed E-state index contributed by atoms with van der Waals surface area (Å²) in [4.78, 5) is 44.6. The van der Waals surface area contributed by atoms with Crippen molar-refractivity contribution in [2.75, 3.05) is 39.3 Å². The van der Waals surface area contributed by atoms with Gasteiger partial charge in [-0.3, -0.25) is 9.80 Å². The molecule has 0 amide bonds. The third-order valence-electron chi connectivity index (χ3n) is 6.18. The van der Waals surface area contributed by atoms with Crippen LogP contribution in [0.25, 0.3) is 0 Å². The molecule has 0 spiro atoms. The van der Waals surface area contributed by atoms with Crippen LogP contribution in [-0.4, -0.2) is 72.9 Å². The fourth-order valence-electron chi connectivity index (χ4n) is 4.17. The van der Waals surface area contributed by atoms with Crippen molar-refractivity contribution >= 4 is 23.9 Å². The van der Waals surface area contributed by atoms with Crippen molar-refractivity contribution < 1.29 is 65.8 Å². The van der Waals surface area contributed by atoms with E-state index in [0.29, 0.717) is 13.1 Å². The maximum atomic E-state index is 10.5. The van der Waals surface area contributed by atoms with E-state index in [-0.39, 0.29) is 52.4 Å². The maximum absolute atomic E-state index is 10.5. The molecule has 0 aromatic carbocycles. The summed E-state index contributed by atoms with van der Waals surface area (Å²) in [6.07, 6.45) is 21.3. The zero-order valence-corrected chi connectivity index (χ0v) is 27.2. The normalized spacial score (nSPS) is 10.4. The molecule has 0 saturated heterocycles. The largest absolute Gasteiger partial charge is 4.00 e. The Labute approximate surface area is 266 Å². The van der Waals surface area contributed by atoms with Crippen molar-refractivity contribution in [1.82, 2.24) is 9.80 Å². The number of nitrogens with zero attached hydrogens (tertiary/aromatic N) is 2. The Bertz CT molecular complexity index is 616. The quantitative estimate of drug-likeness (QED) is 0.0837. The number of carboxylic acids is 4. The standard InChI is InChI=1S/2C15H27NO4.Zr/c2*1-2-3-4-5-6-7-8-9-10-11-16(12-14(17)18)13-15(19)20;/h2*2H,1,3-13H2,(H,17,18)(H,19,20);/q;;+4/p-4. The molecule has 0 bridgehead atoms. The number of aliphatic carboxylic acids is 4. The minimum absolute atomic E-state index is 0. The van der Waals surface area contributed by atoms with Gasteiger partial charge in [0.15, 0.2) is 0 Å². The minimum atomic E-state index is -1.26. The van der Waals surface area contributed by atoms with Gasteiger partial charge in [0.1, 0.15) is 0 Å². The SMILES string of the molecule is C=CCCCCCCCCCN(CC(=O)[O-])CC(=O)[O-].C=CCCCCCCCCCN(CC(=O)[O-])CC(=O)[O-].[Zr+4]. The average Bonchev–Trinajstić information content (AvgIpc) is 2.85. The van der Waals surface area contributed by atoms with Crippen LogP contribution in [0.15, 0.2) is 25.3 Å². The van der Waals surface area contributed by atoms with Gasteiger partial charge in [0, 0.05) is 26.2 Å². The summed E-state index contributed by atoms with van der Waals surface area (Å²) in [5.74, 6) is -5.02. The van der Waals surface area contributed by atoms with Crippen molar-refractivity contribution in [3.8, 4) is 0 Å². The number of carbonyl (C=O) groups is 4. The third kappa shape index (κ3) is 38.2. The summed E-state index contributed by atoms with van der Waals surface area (Å²) in [5.41, 5.74) is 0. The molecular weight excluding hydrogens is 608 g/mol. The number of hydrogen-bond donors (Lipinski definition) is 0. The first-order chi connectivity index (χ1) is 19.1. The van der Waals surface area contributed by atoms with Crippen LogP contribution < -0.4 is 20.4 Å². The Kier molecular flexibility index (Phi) is 34.8. The Morgan fingerprint density at radius 2 is 0.659 bits per heavy atom. The number of carboxylic acid groups (broad SMARTS) is 4. The Balaban J connectivity index is -0.000000688. The molecule has 41 heavy (non-hydrogen) atoms. The second-order valence-electron chi connectivity index (χ2n) is 10.0. The van der Waals surface area contributed by atoms with Crippen molar-refractivity contribution in [1.29, 1.82) is 0 Å². The van der Waals surface area contributed by atoms with Crippen LogP contribution in [-0.2, 0) is 45.4 Å². The summed E-state index contributed by atoms with van der Waals surface area (Å²) in [7, 11) is 0. The molecule has 0 atom stereocenters. The molecule has 232 valence electrons. The van der Waals surface area contributed by atoms with Gasteiger partial charge in [-0.1, -0.05) is 76.4 Å². The molecular formula is C30H50N2O8Zr. The van der Waals surface area contributed by atoms with Crippen LogP contribution in [0.4, 0.5) is 0 Å². The molecule has 0 radical (unpaired) electrons. The van der Waals surface area contributed by atoms with Gasteiger partial charge in [-0.2, -0.15) is 0 Å². The van der Waals surface area contributed by atoms with E-state index in [1.807, 2.05) is 12.2 Å². The van der Waals surface area contributed by atoms with E-state index in [0.717, 1.165) is 64.2 Å². The van der Waals surface area contributed by atoms with Gasteiger partial charge < -0.3 is 39.6 Å². The molecule has 0 aliphatic carbocycles. The number of carbonyl (C=O) groups excluding carboxylic acids is 4. The average molecular weight is 658 g/mol. The van der Waals surface area contributed by atoms with E-state index >= 15 is 0 Å². The molecule has 0 saturated carbocycles. The predicted molar refractivity (Wildman–Crippen MR) is 147 cm³/mol. The van der Waals surface area contributed by atoms with E-state index in [1.54, 1.807) is 0 Å². The van der Waals surface area contributed by atoms with Crippen molar-refractivity contribution in [2.24, 2.45) is 0 Å². The van der Waals surface area contributed by atoms with E-state index in [2.05, 4.69) is 13.2 Å². The van der Waals surface area contributed by atoms with Gasteiger partial charge in [-0.15, -0.1) is 13.2 Å². The Morgan fingerprint density at radius 3 is 0.878 bits per heavy atom. The molecule has 0 aromatic rings. The molecule has 0 fully saturated rings. The van der Waals surface area contributed by atoms with Gasteiger partial charge in [-0.25, -0.2) is 0 Å².